The number of morpholine rings is 1. The van der Waals surface area contributed by atoms with Gasteiger partial charge in [-0.2, -0.15) is 0 Å². The van der Waals surface area contributed by atoms with E-state index in [2.05, 4.69) is 20.3 Å². The van der Waals surface area contributed by atoms with Crippen LogP contribution in [0.15, 0.2) is 29.2 Å². The lowest BCUT2D eigenvalue weighted by atomic mass is 10.0. The lowest BCUT2D eigenvalue weighted by Gasteiger charge is -2.35. The van der Waals surface area contributed by atoms with Crippen LogP contribution < -0.4 is 10.9 Å². The molecule has 3 aromatic rings. The molecule has 1 aliphatic rings. The summed E-state index contributed by atoms with van der Waals surface area (Å²) < 4.78 is 35.1. The number of ether oxygens (including phenoxy) is 1. The first-order valence-electron chi connectivity index (χ1n) is 10.7. The summed E-state index contributed by atoms with van der Waals surface area (Å²) in [6.45, 7) is 7.81. The van der Waals surface area contributed by atoms with Gasteiger partial charge in [0.05, 0.1) is 34.7 Å². The van der Waals surface area contributed by atoms with E-state index in [4.69, 9.17) is 4.74 Å². The van der Waals surface area contributed by atoms with Gasteiger partial charge in [0, 0.05) is 30.9 Å². The number of anilines is 1. The Bertz CT molecular complexity index is 1270. The average Bonchev–Trinajstić information content (AvgIpc) is 2.73. The molecule has 1 amide bonds. The van der Waals surface area contributed by atoms with Crippen LogP contribution in [0.1, 0.15) is 48.6 Å². The second kappa shape index (κ2) is 8.86. The van der Waals surface area contributed by atoms with E-state index in [1.165, 1.54) is 18.3 Å². The standard InChI is InChI=1S/C23H25F2N5O3/c1-11-9-30(10-12(2)33-11)23(32)15-5-19(25)21(26-8-15)27-13(3)16-6-17-20(7-18(16)24)28-14(4)29-22(17)31/h5-8,11-13H,9-10H2,1-4H3,(H,26,27)(H,28,29,31). The van der Waals surface area contributed by atoms with E-state index >= 15 is 0 Å². The molecule has 3 heterocycles. The highest BCUT2D eigenvalue weighted by molar-refractivity contribution is 5.94. The van der Waals surface area contributed by atoms with E-state index in [0.717, 1.165) is 6.07 Å². The number of hydrogen-bond acceptors (Lipinski definition) is 6. The molecule has 0 bridgehead atoms. The molecule has 10 heteroatoms. The topological polar surface area (TPSA) is 100 Å². The number of aromatic nitrogens is 3. The third-order valence-corrected chi connectivity index (χ3v) is 5.56. The molecular formula is C23H25F2N5O3. The average molecular weight is 457 g/mol. The maximum Gasteiger partial charge on any atom is 0.258 e. The van der Waals surface area contributed by atoms with Crippen molar-refractivity contribution in [2.24, 2.45) is 0 Å². The summed E-state index contributed by atoms with van der Waals surface area (Å²) in [7, 11) is 0. The summed E-state index contributed by atoms with van der Waals surface area (Å²) in [5.74, 6) is -1.39. The molecular weight excluding hydrogens is 432 g/mol. The molecule has 8 nitrogen and oxygen atoms in total. The molecule has 0 radical (unpaired) electrons. The van der Waals surface area contributed by atoms with Crippen molar-refractivity contribution in [3.8, 4) is 0 Å². The highest BCUT2D eigenvalue weighted by atomic mass is 19.1. The van der Waals surface area contributed by atoms with Crippen LogP contribution in [-0.2, 0) is 4.74 Å². The van der Waals surface area contributed by atoms with Crippen LogP contribution in [0.3, 0.4) is 0 Å². The van der Waals surface area contributed by atoms with Gasteiger partial charge in [-0.05, 0) is 39.8 Å². The van der Waals surface area contributed by atoms with Crippen molar-refractivity contribution >= 4 is 22.6 Å². The van der Waals surface area contributed by atoms with Crippen LogP contribution in [0.5, 0.6) is 0 Å². The number of amides is 1. The molecule has 1 fully saturated rings. The van der Waals surface area contributed by atoms with Crippen LogP contribution in [-0.4, -0.2) is 51.1 Å². The lowest BCUT2D eigenvalue weighted by molar-refractivity contribution is -0.0586. The van der Waals surface area contributed by atoms with Gasteiger partial charge in [0.2, 0.25) is 0 Å². The molecule has 33 heavy (non-hydrogen) atoms. The summed E-state index contributed by atoms with van der Waals surface area (Å²) in [5, 5.41) is 3.05. The number of hydrogen-bond donors (Lipinski definition) is 2. The number of aromatic amines is 1. The van der Waals surface area contributed by atoms with Gasteiger partial charge in [0.25, 0.3) is 11.5 Å². The van der Waals surface area contributed by atoms with E-state index in [9.17, 15) is 18.4 Å². The summed E-state index contributed by atoms with van der Waals surface area (Å²) in [6, 6.07) is 2.98. The molecule has 0 spiro atoms. The number of benzene rings is 1. The van der Waals surface area contributed by atoms with E-state index in [0.29, 0.717) is 18.9 Å². The van der Waals surface area contributed by atoms with Crippen molar-refractivity contribution in [2.45, 2.75) is 45.9 Å². The molecule has 174 valence electrons. The third kappa shape index (κ3) is 4.70. The van der Waals surface area contributed by atoms with Crippen LogP contribution >= 0.6 is 0 Å². The zero-order chi connectivity index (χ0) is 23.9. The minimum absolute atomic E-state index is 0.111. The summed E-state index contributed by atoms with van der Waals surface area (Å²) >= 11 is 0. The van der Waals surface area contributed by atoms with Crippen molar-refractivity contribution in [3.63, 3.8) is 0 Å². The number of carbonyl (C=O) groups is 1. The van der Waals surface area contributed by atoms with Gasteiger partial charge in [0.15, 0.2) is 11.6 Å². The first-order valence-corrected chi connectivity index (χ1v) is 10.7. The predicted octanol–water partition coefficient (Wildman–Crippen LogP) is 3.33. The van der Waals surface area contributed by atoms with Gasteiger partial charge in [-0.25, -0.2) is 18.7 Å². The van der Waals surface area contributed by atoms with E-state index in [1.807, 2.05) is 13.8 Å². The van der Waals surface area contributed by atoms with E-state index < -0.39 is 17.7 Å². The number of nitrogens with zero attached hydrogens (tertiary/aromatic N) is 3. The van der Waals surface area contributed by atoms with Gasteiger partial charge in [-0.1, -0.05) is 0 Å². The Kier molecular flexibility index (Phi) is 6.11. The minimum atomic E-state index is -0.738. The predicted molar refractivity (Wildman–Crippen MR) is 119 cm³/mol. The third-order valence-electron chi connectivity index (χ3n) is 5.56. The quantitative estimate of drug-likeness (QED) is 0.624. The molecule has 1 saturated heterocycles. The smallest absolute Gasteiger partial charge is 0.258 e. The van der Waals surface area contributed by atoms with Gasteiger partial charge < -0.3 is 19.9 Å². The van der Waals surface area contributed by atoms with Gasteiger partial charge in [0.1, 0.15) is 11.6 Å². The molecule has 0 aliphatic carbocycles. The monoisotopic (exact) mass is 457 g/mol. The number of carbonyl (C=O) groups excluding carboxylic acids is 1. The fraction of sp³-hybridized carbons (Fsp3) is 0.391. The zero-order valence-corrected chi connectivity index (χ0v) is 18.8. The van der Waals surface area contributed by atoms with E-state index in [-0.39, 0.29) is 51.5 Å². The Morgan fingerprint density at radius 3 is 2.58 bits per heavy atom. The summed E-state index contributed by atoms with van der Waals surface area (Å²) in [6.07, 6.45) is 1.07. The highest BCUT2D eigenvalue weighted by Gasteiger charge is 2.27. The van der Waals surface area contributed by atoms with Gasteiger partial charge in [-0.3, -0.25) is 9.59 Å². The van der Waals surface area contributed by atoms with Crippen LogP contribution in [0.2, 0.25) is 0 Å². The maximum atomic E-state index is 14.8. The summed E-state index contributed by atoms with van der Waals surface area (Å²) in [4.78, 5) is 37.4. The Morgan fingerprint density at radius 1 is 1.21 bits per heavy atom. The van der Waals surface area contributed by atoms with Crippen molar-refractivity contribution in [3.05, 3.63) is 63.3 Å². The largest absolute Gasteiger partial charge is 0.372 e. The van der Waals surface area contributed by atoms with Crippen molar-refractivity contribution < 1.29 is 18.3 Å². The number of halogens is 2. The molecule has 0 saturated carbocycles. The molecule has 1 aromatic carbocycles. The molecule has 2 N–H and O–H groups in total. The first-order chi connectivity index (χ1) is 15.6. The first kappa shape index (κ1) is 22.8. The Labute approximate surface area is 189 Å². The number of aryl methyl sites for hydroxylation is 1. The number of rotatable bonds is 4. The Balaban J connectivity index is 1.55. The second-order valence-corrected chi connectivity index (χ2v) is 8.43. The normalized spacial score (nSPS) is 19.5. The van der Waals surface area contributed by atoms with Crippen LogP contribution in [0.25, 0.3) is 10.9 Å². The zero-order valence-electron chi connectivity index (χ0n) is 18.8. The van der Waals surface area contributed by atoms with Gasteiger partial charge >= 0.3 is 0 Å². The Morgan fingerprint density at radius 2 is 1.91 bits per heavy atom. The van der Waals surface area contributed by atoms with Crippen LogP contribution in [0.4, 0.5) is 14.6 Å². The minimum Gasteiger partial charge on any atom is -0.372 e. The lowest BCUT2D eigenvalue weighted by Crippen LogP contribution is -2.48. The second-order valence-electron chi connectivity index (χ2n) is 8.43. The SMILES string of the molecule is Cc1nc2cc(F)c(C(C)Nc3ncc(C(=O)N4CC(C)OC(C)C4)cc3F)cc2c(=O)[nH]1. The molecule has 4 rings (SSSR count). The fourth-order valence-electron chi connectivity index (χ4n) is 4.10. The van der Waals surface area contributed by atoms with Crippen molar-refractivity contribution in [1.29, 1.82) is 0 Å². The molecule has 1 aliphatic heterocycles. The number of pyridine rings is 1. The number of H-pyrrole nitrogens is 1. The van der Waals surface area contributed by atoms with Gasteiger partial charge in [-0.15, -0.1) is 0 Å². The maximum absolute atomic E-state index is 14.8. The van der Waals surface area contributed by atoms with Crippen molar-refractivity contribution in [2.75, 3.05) is 18.4 Å². The molecule has 2 aromatic heterocycles. The van der Waals surface area contributed by atoms with Crippen LogP contribution in [0, 0.1) is 18.6 Å². The number of nitrogens with one attached hydrogen (secondary N) is 2. The van der Waals surface area contributed by atoms with E-state index in [1.54, 1.807) is 18.7 Å². The fourth-order valence-corrected chi connectivity index (χ4v) is 4.10. The number of fused-ring (bicyclic) bond motifs is 1. The Hall–Kier alpha value is -3.40. The molecule has 3 unspecified atom stereocenters. The molecule has 3 atom stereocenters. The van der Waals surface area contributed by atoms with Crippen molar-refractivity contribution in [1.82, 2.24) is 19.9 Å². The highest BCUT2D eigenvalue weighted by Crippen LogP contribution is 2.25. The summed E-state index contributed by atoms with van der Waals surface area (Å²) in [5.41, 5.74) is 0.140.